The number of methoxy groups -OCH3 is 2. The van der Waals surface area contributed by atoms with Gasteiger partial charge in [-0.1, -0.05) is 36.0 Å². The quantitative estimate of drug-likeness (QED) is 0.304. The van der Waals surface area contributed by atoms with Crippen molar-refractivity contribution in [2.45, 2.75) is 23.9 Å². The summed E-state index contributed by atoms with van der Waals surface area (Å²) in [6, 6.07) is 14.9. The summed E-state index contributed by atoms with van der Waals surface area (Å²) in [5, 5.41) is 7.44. The van der Waals surface area contributed by atoms with Crippen LogP contribution in [-0.4, -0.2) is 45.1 Å². The SMILES string of the molecule is COc1ccc(CNC(=O)C(C)Sc2nc3c(cnn3-c3ccccc3)c(=O)[nH]2)cc1OC. The predicted molar refractivity (Wildman–Crippen MR) is 126 cm³/mol. The lowest BCUT2D eigenvalue weighted by Gasteiger charge is -2.13. The Morgan fingerprint density at radius 3 is 2.64 bits per heavy atom. The van der Waals surface area contributed by atoms with E-state index in [2.05, 4.69) is 20.4 Å². The molecule has 2 N–H and O–H groups in total. The molecular weight excluding hydrogens is 442 g/mol. The van der Waals surface area contributed by atoms with Crippen molar-refractivity contribution in [3.05, 3.63) is 70.6 Å². The zero-order chi connectivity index (χ0) is 23.4. The van der Waals surface area contributed by atoms with Gasteiger partial charge < -0.3 is 19.8 Å². The van der Waals surface area contributed by atoms with Crippen molar-refractivity contribution in [3.8, 4) is 17.2 Å². The largest absolute Gasteiger partial charge is 0.493 e. The fraction of sp³-hybridized carbons (Fsp3) is 0.217. The standard InChI is InChI=1S/C23H23N5O4S/c1-14(21(29)24-12-15-9-10-18(31-2)19(11-15)32-3)33-23-26-20-17(22(30)27-23)13-25-28(20)16-7-5-4-6-8-16/h4-11,13-14H,12H2,1-3H3,(H,24,29)(H,26,27,30). The molecule has 1 unspecified atom stereocenters. The van der Waals surface area contributed by atoms with E-state index < -0.39 is 5.25 Å². The van der Waals surface area contributed by atoms with Crippen molar-refractivity contribution in [2.24, 2.45) is 0 Å². The fourth-order valence-corrected chi connectivity index (χ4v) is 4.07. The number of amides is 1. The Bertz CT molecular complexity index is 1340. The summed E-state index contributed by atoms with van der Waals surface area (Å²) in [4.78, 5) is 32.5. The number of aromatic nitrogens is 4. The molecule has 0 radical (unpaired) electrons. The van der Waals surface area contributed by atoms with Crippen molar-refractivity contribution in [2.75, 3.05) is 14.2 Å². The van der Waals surface area contributed by atoms with Gasteiger partial charge in [-0.15, -0.1) is 0 Å². The van der Waals surface area contributed by atoms with E-state index in [-0.39, 0.29) is 11.5 Å². The van der Waals surface area contributed by atoms with Crippen LogP contribution < -0.4 is 20.3 Å². The predicted octanol–water partition coefficient (Wildman–Crippen LogP) is 2.92. The van der Waals surface area contributed by atoms with Crippen LogP contribution in [-0.2, 0) is 11.3 Å². The summed E-state index contributed by atoms with van der Waals surface area (Å²) in [5.41, 5.74) is 1.80. The zero-order valence-electron chi connectivity index (χ0n) is 18.4. The third kappa shape index (κ3) is 4.85. The van der Waals surface area contributed by atoms with Crippen molar-refractivity contribution in [3.63, 3.8) is 0 Å². The minimum absolute atomic E-state index is 0.186. The van der Waals surface area contributed by atoms with Gasteiger partial charge in [0.2, 0.25) is 5.91 Å². The number of ether oxygens (including phenoxy) is 2. The maximum absolute atomic E-state index is 12.7. The minimum Gasteiger partial charge on any atom is -0.493 e. The first-order valence-electron chi connectivity index (χ1n) is 10.2. The number of nitrogens with zero attached hydrogens (tertiary/aromatic N) is 3. The molecule has 1 amide bonds. The molecule has 0 aliphatic carbocycles. The van der Waals surface area contributed by atoms with E-state index in [9.17, 15) is 9.59 Å². The summed E-state index contributed by atoms with van der Waals surface area (Å²) in [6.45, 7) is 2.08. The van der Waals surface area contributed by atoms with E-state index in [4.69, 9.17) is 9.47 Å². The molecule has 0 saturated carbocycles. The molecule has 4 rings (SSSR count). The van der Waals surface area contributed by atoms with Gasteiger partial charge in [0, 0.05) is 6.54 Å². The highest BCUT2D eigenvalue weighted by molar-refractivity contribution is 8.00. The average Bonchev–Trinajstić information content (AvgIpc) is 3.27. The highest BCUT2D eigenvalue weighted by Crippen LogP contribution is 2.27. The van der Waals surface area contributed by atoms with E-state index in [0.717, 1.165) is 11.3 Å². The molecule has 4 aromatic rings. The normalized spacial score (nSPS) is 11.8. The number of rotatable bonds is 8. The lowest BCUT2D eigenvalue weighted by atomic mass is 10.2. The highest BCUT2D eigenvalue weighted by Gasteiger charge is 2.18. The van der Waals surface area contributed by atoms with Crippen LogP contribution >= 0.6 is 11.8 Å². The van der Waals surface area contributed by atoms with Gasteiger partial charge in [-0.2, -0.15) is 5.10 Å². The second-order valence-electron chi connectivity index (χ2n) is 7.17. The number of hydrogen-bond acceptors (Lipinski definition) is 7. The maximum atomic E-state index is 12.7. The summed E-state index contributed by atoms with van der Waals surface area (Å²) < 4.78 is 12.1. The molecular formula is C23H23N5O4S. The van der Waals surface area contributed by atoms with Crippen molar-refractivity contribution >= 4 is 28.7 Å². The number of thioether (sulfide) groups is 1. The van der Waals surface area contributed by atoms with Gasteiger partial charge in [0.1, 0.15) is 5.39 Å². The molecule has 2 aromatic heterocycles. The van der Waals surface area contributed by atoms with Gasteiger partial charge in [0.25, 0.3) is 5.56 Å². The summed E-state index contributed by atoms with van der Waals surface area (Å²) >= 11 is 1.17. The number of carbonyl (C=O) groups excluding carboxylic acids is 1. The number of hydrogen-bond donors (Lipinski definition) is 2. The first-order valence-corrected chi connectivity index (χ1v) is 11.1. The summed E-state index contributed by atoms with van der Waals surface area (Å²) in [7, 11) is 3.13. The van der Waals surface area contributed by atoms with Gasteiger partial charge in [-0.25, -0.2) is 9.67 Å². The second kappa shape index (κ2) is 9.78. The number of carbonyl (C=O) groups is 1. The van der Waals surface area contributed by atoms with Crippen LogP contribution in [0.3, 0.4) is 0 Å². The van der Waals surface area contributed by atoms with Gasteiger partial charge in [0.15, 0.2) is 22.3 Å². The summed E-state index contributed by atoms with van der Waals surface area (Å²) in [6.07, 6.45) is 1.49. The zero-order valence-corrected chi connectivity index (χ0v) is 19.2. The monoisotopic (exact) mass is 465 g/mol. The van der Waals surface area contributed by atoms with Gasteiger partial charge >= 0.3 is 0 Å². The third-order valence-corrected chi connectivity index (χ3v) is 5.97. The fourth-order valence-electron chi connectivity index (χ4n) is 3.26. The number of nitrogens with one attached hydrogen (secondary N) is 2. The maximum Gasteiger partial charge on any atom is 0.262 e. The summed E-state index contributed by atoms with van der Waals surface area (Å²) in [5.74, 6) is 1.03. The van der Waals surface area contributed by atoms with Crippen LogP contribution in [0.5, 0.6) is 11.5 Å². The Hall–Kier alpha value is -3.79. The van der Waals surface area contributed by atoms with Crippen LogP contribution in [0.15, 0.2) is 64.7 Å². The molecule has 0 fully saturated rings. The lowest BCUT2D eigenvalue weighted by Crippen LogP contribution is -2.30. The topological polar surface area (TPSA) is 111 Å². The number of fused-ring (bicyclic) bond motifs is 1. The van der Waals surface area contributed by atoms with E-state index >= 15 is 0 Å². The molecule has 0 spiro atoms. The lowest BCUT2D eigenvalue weighted by molar-refractivity contribution is -0.120. The smallest absolute Gasteiger partial charge is 0.262 e. The minimum atomic E-state index is -0.487. The molecule has 0 aliphatic heterocycles. The average molecular weight is 466 g/mol. The van der Waals surface area contributed by atoms with Crippen molar-refractivity contribution in [1.82, 2.24) is 25.1 Å². The molecule has 0 saturated heterocycles. The molecule has 1 atom stereocenters. The first kappa shape index (κ1) is 22.4. The Morgan fingerprint density at radius 1 is 1.15 bits per heavy atom. The molecule has 170 valence electrons. The van der Waals surface area contributed by atoms with Gasteiger partial charge in [-0.05, 0) is 36.8 Å². The van der Waals surface area contributed by atoms with Crippen LogP contribution in [0.2, 0.25) is 0 Å². The van der Waals surface area contributed by atoms with Crippen LogP contribution in [0.1, 0.15) is 12.5 Å². The Balaban J connectivity index is 1.47. The second-order valence-corrected chi connectivity index (χ2v) is 8.50. The first-order chi connectivity index (χ1) is 16.0. The Morgan fingerprint density at radius 2 is 1.91 bits per heavy atom. The molecule has 10 heteroatoms. The number of benzene rings is 2. The molecule has 0 aliphatic rings. The number of H-pyrrole nitrogens is 1. The van der Waals surface area contributed by atoms with Crippen molar-refractivity contribution in [1.29, 1.82) is 0 Å². The van der Waals surface area contributed by atoms with E-state index in [0.29, 0.717) is 34.2 Å². The molecule has 9 nitrogen and oxygen atoms in total. The third-order valence-electron chi connectivity index (χ3n) is 4.99. The van der Waals surface area contributed by atoms with E-state index in [1.54, 1.807) is 31.9 Å². The van der Waals surface area contributed by atoms with Crippen molar-refractivity contribution < 1.29 is 14.3 Å². The number of para-hydroxylation sites is 1. The van der Waals surface area contributed by atoms with E-state index in [1.807, 2.05) is 42.5 Å². The molecule has 2 aromatic carbocycles. The Labute approximate surface area is 194 Å². The van der Waals surface area contributed by atoms with Crippen LogP contribution in [0.25, 0.3) is 16.7 Å². The van der Waals surface area contributed by atoms with E-state index in [1.165, 1.54) is 18.0 Å². The van der Waals surface area contributed by atoms with Gasteiger partial charge in [-0.3, -0.25) is 9.59 Å². The highest BCUT2D eigenvalue weighted by atomic mass is 32.2. The molecule has 33 heavy (non-hydrogen) atoms. The van der Waals surface area contributed by atoms with Crippen LogP contribution in [0.4, 0.5) is 0 Å². The number of aromatic amines is 1. The Kier molecular flexibility index (Phi) is 6.64. The van der Waals surface area contributed by atoms with Gasteiger partial charge in [0.05, 0.1) is 31.4 Å². The van der Waals surface area contributed by atoms with Crippen LogP contribution in [0, 0.1) is 0 Å². The molecule has 0 bridgehead atoms. The molecule has 2 heterocycles.